The molecule has 0 spiro atoms. The van der Waals surface area contributed by atoms with Gasteiger partial charge in [-0.15, -0.1) is 0 Å². The molecule has 1 fully saturated rings. The molecule has 3 rings (SSSR count). The Morgan fingerprint density at radius 2 is 2.29 bits per heavy atom. The van der Waals surface area contributed by atoms with E-state index in [1.54, 1.807) is 6.20 Å². The van der Waals surface area contributed by atoms with Crippen LogP contribution in [0.5, 0.6) is 0 Å². The molecule has 2 N–H and O–H groups in total. The molecule has 2 atom stereocenters. The van der Waals surface area contributed by atoms with Crippen molar-refractivity contribution in [2.75, 3.05) is 0 Å². The molecule has 0 bridgehead atoms. The highest BCUT2D eigenvalue weighted by Gasteiger charge is 2.30. The number of pyridine rings is 1. The van der Waals surface area contributed by atoms with E-state index in [1.807, 2.05) is 34.9 Å². The van der Waals surface area contributed by atoms with E-state index in [-0.39, 0.29) is 18.1 Å². The van der Waals surface area contributed by atoms with Crippen LogP contribution in [-0.4, -0.2) is 27.6 Å². The number of amides is 1. The first-order valence-electron chi connectivity index (χ1n) is 5.80. The minimum atomic E-state index is -0.379. The van der Waals surface area contributed by atoms with Crippen LogP contribution in [0.3, 0.4) is 0 Å². The summed E-state index contributed by atoms with van der Waals surface area (Å²) < 4.78 is 1.91. The Hall–Kier alpha value is -1.81. The van der Waals surface area contributed by atoms with Crippen molar-refractivity contribution in [1.29, 1.82) is 0 Å². The molecular weight excluding hydrogens is 216 g/mol. The van der Waals surface area contributed by atoms with Crippen LogP contribution in [0.4, 0.5) is 0 Å². The molecule has 0 saturated heterocycles. The summed E-state index contributed by atoms with van der Waals surface area (Å²) in [7, 11) is 0. The van der Waals surface area contributed by atoms with E-state index in [0.29, 0.717) is 5.56 Å². The van der Waals surface area contributed by atoms with Gasteiger partial charge in [-0.3, -0.25) is 4.79 Å². The van der Waals surface area contributed by atoms with Crippen LogP contribution in [0, 0.1) is 0 Å². The molecule has 1 aliphatic rings. The van der Waals surface area contributed by atoms with Crippen LogP contribution in [0.25, 0.3) is 5.52 Å². The Morgan fingerprint density at radius 1 is 1.41 bits per heavy atom. The Balaban J connectivity index is 1.80. The van der Waals surface area contributed by atoms with Crippen LogP contribution < -0.4 is 5.32 Å². The van der Waals surface area contributed by atoms with Crippen molar-refractivity contribution in [3.05, 3.63) is 42.2 Å². The average Bonchev–Trinajstić information content (AvgIpc) is 2.77. The molecule has 1 aliphatic carbocycles. The lowest BCUT2D eigenvalue weighted by molar-refractivity contribution is 0.0447. The Morgan fingerprint density at radius 3 is 2.94 bits per heavy atom. The van der Waals surface area contributed by atoms with E-state index in [9.17, 15) is 9.90 Å². The second-order valence-electron chi connectivity index (χ2n) is 4.49. The number of carbonyl (C=O) groups excluding carboxylic acids is 1. The van der Waals surface area contributed by atoms with Gasteiger partial charge in [0, 0.05) is 17.9 Å². The molecule has 4 nitrogen and oxygen atoms in total. The first-order chi connectivity index (χ1) is 8.24. The van der Waals surface area contributed by atoms with Crippen LogP contribution in [0.2, 0.25) is 0 Å². The fourth-order valence-corrected chi connectivity index (χ4v) is 2.08. The lowest BCUT2D eigenvalue weighted by Crippen LogP contribution is -2.50. The molecule has 88 valence electrons. The number of nitrogens with zero attached hydrogens (tertiary/aromatic N) is 1. The zero-order valence-electron chi connectivity index (χ0n) is 9.34. The number of aliphatic hydroxyl groups excluding tert-OH is 1. The quantitative estimate of drug-likeness (QED) is 0.814. The van der Waals surface area contributed by atoms with Crippen LogP contribution in [0.1, 0.15) is 23.2 Å². The molecule has 0 aromatic carbocycles. The summed E-state index contributed by atoms with van der Waals surface area (Å²) in [5, 5.41) is 12.3. The molecule has 0 aliphatic heterocycles. The van der Waals surface area contributed by atoms with Crippen molar-refractivity contribution in [3.8, 4) is 0 Å². The molecule has 2 aromatic heterocycles. The maximum Gasteiger partial charge on any atom is 0.253 e. The van der Waals surface area contributed by atoms with Gasteiger partial charge in [-0.25, -0.2) is 0 Å². The molecule has 1 amide bonds. The molecule has 1 saturated carbocycles. The summed E-state index contributed by atoms with van der Waals surface area (Å²) >= 11 is 0. The predicted molar refractivity (Wildman–Crippen MR) is 63.9 cm³/mol. The highest BCUT2D eigenvalue weighted by atomic mass is 16.3. The second kappa shape index (κ2) is 3.89. The van der Waals surface area contributed by atoms with Gasteiger partial charge in [0.25, 0.3) is 5.91 Å². The van der Waals surface area contributed by atoms with Crippen LogP contribution in [0.15, 0.2) is 36.7 Å². The van der Waals surface area contributed by atoms with E-state index in [2.05, 4.69) is 5.32 Å². The molecule has 4 heteroatoms. The van der Waals surface area contributed by atoms with Crippen molar-refractivity contribution in [3.63, 3.8) is 0 Å². The average molecular weight is 230 g/mol. The molecule has 2 aromatic rings. The van der Waals surface area contributed by atoms with Crippen molar-refractivity contribution < 1.29 is 9.90 Å². The standard InChI is InChI=1S/C13H14N2O2/c16-12-5-4-11(12)14-13(17)9-7-10-3-1-2-6-15(10)8-9/h1-3,6-8,11-12,16H,4-5H2,(H,14,17). The van der Waals surface area contributed by atoms with Gasteiger partial charge in [-0.05, 0) is 31.0 Å². The first kappa shape index (κ1) is 10.4. The Bertz CT molecular complexity index is 528. The van der Waals surface area contributed by atoms with Gasteiger partial charge in [0.2, 0.25) is 0 Å². The maximum atomic E-state index is 11.9. The summed E-state index contributed by atoms with van der Waals surface area (Å²) in [5.41, 5.74) is 1.63. The van der Waals surface area contributed by atoms with Gasteiger partial charge < -0.3 is 14.8 Å². The van der Waals surface area contributed by atoms with E-state index >= 15 is 0 Å². The van der Waals surface area contributed by atoms with E-state index in [0.717, 1.165) is 18.4 Å². The minimum Gasteiger partial charge on any atom is -0.391 e. The largest absolute Gasteiger partial charge is 0.391 e. The molecular formula is C13H14N2O2. The fourth-order valence-electron chi connectivity index (χ4n) is 2.08. The van der Waals surface area contributed by atoms with Crippen molar-refractivity contribution in [2.24, 2.45) is 0 Å². The van der Waals surface area contributed by atoms with E-state index in [1.165, 1.54) is 0 Å². The van der Waals surface area contributed by atoms with Crippen LogP contribution >= 0.6 is 0 Å². The zero-order valence-corrected chi connectivity index (χ0v) is 9.34. The number of aliphatic hydroxyl groups is 1. The van der Waals surface area contributed by atoms with Gasteiger partial charge in [-0.1, -0.05) is 6.07 Å². The van der Waals surface area contributed by atoms with Gasteiger partial charge in [0.1, 0.15) is 0 Å². The number of hydrogen-bond donors (Lipinski definition) is 2. The van der Waals surface area contributed by atoms with Crippen molar-refractivity contribution >= 4 is 11.4 Å². The highest BCUT2D eigenvalue weighted by Crippen LogP contribution is 2.20. The zero-order chi connectivity index (χ0) is 11.8. The number of rotatable bonds is 2. The Kier molecular flexibility index (Phi) is 2.37. The molecule has 2 unspecified atom stereocenters. The second-order valence-corrected chi connectivity index (χ2v) is 4.49. The molecule has 2 heterocycles. The molecule has 17 heavy (non-hydrogen) atoms. The number of nitrogens with one attached hydrogen (secondary N) is 1. The lowest BCUT2D eigenvalue weighted by atomic mass is 9.89. The third-order valence-electron chi connectivity index (χ3n) is 3.32. The number of aromatic nitrogens is 1. The first-order valence-corrected chi connectivity index (χ1v) is 5.80. The number of carbonyl (C=O) groups is 1. The summed E-state index contributed by atoms with van der Waals surface area (Å²) in [5.74, 6) is -0.113. The summed E-state index contributed by atoms with van der Waals surface area (Å²) in [4.78, 5) is 11.9. The third-order valence-corrected chi connectivity index (χ3v) is 3.32. The summed E-state index contributed by atoms with van der Waals surface area (Å²) in [6.07, 6.45) is 4.97. The van der Waals surface area contributed by atoms with E-state index in [4.69, 9.17) is 0 Å². The SMILES string of the molecule is O=C(NC1CCC1O)c1cc2ccccn2c1. The normalized spacial score (nSPS) is 23.4. The fraction of sp³-hybridized carbons (Fsp3) is 0.308. The highest BCUT2D eigenvalue weighted by molar-refractivity contribution is 5.95. The summed E-state index contributed by atoms with van der Waals surface area (Å²) in [6.45, 7) is 0. The van der Waals surface area contributed by atoms with Gasteiger partial charge in [-0.2, -0.15) is 0 Å². The summed E-state index contributed by atoms with van der Waals surface area (Å²) in [6, 6.07) is 7.58. The monoisotopic (exact) mass is 230 g/mol. The van der Waals surface area contributed by atoms with Crippen LogP contribution in [-0.2, 0) is 0 Å². The number of fused-ring (bicyclic) bond motifs is 1. The topological polar surface area (TPSA) is 53.7 Å². The van der Waals surface area contributed by atoms with Gasteiger partial charge in [0.05, 0.1) is 17.7 Å². The predicted octanol–water partition coefficient (Wildman–Crippen LogP) is 1.19. The van der Waals surface area contributed by atoms with Crippen molar-refractivity contribution in [1.82, 2.24) is 9.72 Å². The smallest absolute Gasteiger partial charge is 0.253 e. The van der Waals surface area contributed by atoms with E-state index < -0.39 is 0 Å². The third kappa shape index (κ3) is 1.80. The number of hydrogen-bond acceptors (Lipinski definition) is 2. The van der Waals surface area contributed by atoms with Crippen molar-refractivity contribution in [2.45, 2.75) is 25.0 Å². The van der Waals surface area contributed by atoms with Gasteiger partial charge in [0.15, 0.2) is 0 Å². The maximum absolute atomic E-state index is 11.9. The van der Waals surface area contributed by atoms with Gasteiger partial charge >= 0.3 is 0 Å². The molecule has 0 radical (unpaired) electrons. The Labute approximate surface area is 98.9 Å². The minimum absolute atomic E-state index is 0.0782. The lowest BCUT2D eigenvalue weighted by Gasteiger charge is -2.32.